The predicted molar refractivity (Wildman–Crippen MR) is 188 cm³/mol. The van der Waals surface area contributed by atoms with Crippen molar-refractivity contribution in [3.63, 3.8) is 0 Å². The van der Waals surface area contributed by atoms with Gasteiger partial charge in [-0.15, -0.1) is 6.58 Å². The van der Waals surface area contributed by atoms with Crippen molar-refractivity contribution in [1.82, 2.24) is 5.32 Å². The van der Waals surface area contributed by atoms with Gasteiger partial charge in [-0.2, -0.15) is 0 Å². The Hall–Kier alpha value is -4.06. The Bertz CT molecular complexity index is 1340. The number of carbonyl (C=O) groups excluding carboxylic acids is 1. The highest BCUT2D eigenvalue weighted by Gasteiger charge is 2.23. The molecular weight excluding hydrogens is 560 g/mol. The van der Waals surface area contributed by atoms with Crippen LogP contribution in [0.15, 0.2) is 79.4 Å². The number of aromatic carboxylic acids is 1. The normalized spacial score (nSPS) is 13.0. The number of piperidine rings is 1. The Morgan fingerprint density at radius 2 is 1.67 bits per heavy atom. The van der Waals surface area contributed by atoms with Crippen LogP contribution in [0.25, 0.3) is 0 Å². The maximum Gasteiger partial charge on any atom is 0.339 e. The molecule has 2 N–H and O–H groups in total. The van der Waals surface area contributed by atoms with Crippen molar-refractivity contribution in [3.8, 4) is 5.75 Å². The van der Waals surface area contributed by atoms with Gasteiger partial charge in [-0.25, -0.2) is 4.79 Å². The van der Waals surface area contributed by atoms with Gasteiger partial charge in [0.25, 0.3) is 0 Å². The zero-order valence-corrected chi connectivity index (χ0v) is 28.3. The summed E-state index contributed by atoms with van der Waals surface area (Å²) in [5.41, 5.74) is 5.94. The SMILES string of the molecule is C=CCc1ccccc1C.CC.CCOc1cc(CC(=O)NC(CC(C)C)c2ccccc2N2CCCCC2)ccc1C(=O)O. The number of nitrogens with zero attached hydrogens (tertiary/aromatic N) is 1. The number of nitrogens with one attached hydrogen (secondary N) is 1. The molecule has 3 aromatic rings. The molecule has 1 unspecified atom stereocenters. The summed E-state index contributed by atoms with van der Waals surface area (Å²) in [5.74, 6) is -0.408. The summed E-state index contributed by atoms with van der Waals surface area (Å²) >= 11 is 0. The molecule has 244 valence electrons. The number of rotatable bonds is 12. The molecule has 4 rings (SSSR count). The van der Waals surface area contributed by atoms with Gasteiger partial charge in [0, 0.05) is 18.8 Å². The first-order chi connectivity index (χ1) is 21.7. The number of aryl methyl sites for hydroxylation is 1. The standard InChI is InChI=1S/C27H36N2O4.C10H12.C2H6/c1-4-33-25-17-20(12-13-22(25)27(31)32)18-26(30)28-23(16-19(2)3)21-10-6-7-11-24(21)29-14-8-5-9-15-29;1-3-6-10-8-5-4-7-9(10)2;1-2/h6-7,10-13,17,19,23H,4-5,8-9,14-16,18H2,1-3H3,(H,28,30)(H,31,32);3-5,7-8H,1,6H2,2H3;1-2H3. The van der Waals surface area contributed by atoms with E-state index in [0.717, 1.165) is 37.1 Å². The van der Waals surface area contributed by atoms with Crippen molar-refractivity contribution in [3.05, 3.63) is 107 Å². The zero-order valence-electron chi connectivity index (χ0n) is 28.3. The van der Waals surface area contributed by atoms with Crippen LogP contribution < -0.4 is 15.0 Å². The predicted octanol–water partition coefficient (Wildman–Crippen LogP) is 8.97. The molecule has 1 aliphatic rings. The molecule has 6 heteroatoms. The molecule has 0 aliphatic carbocycles. The molecule has 0 radical (unpaired) electrons. The number of carbonyl (C=O) groups is 2. The Labute approximate surface area is 271 Å². The summed E-state index contributed by atoms with van der Waals surface area (Å²) in [6.07, 6.45) is 7.59. The summed E-state index contributed by atoms with van der Waals surface area (Å²) in [6, 6.07) is 21.6. The highest BCUT2D eigenvalue weighted by atomic mass is 16.5. The van der Waals surface area contributed by atoms with Crippen molar-refractivity contribution in [2.75, 3.05) is 24.6 Å². The van der Waals surface area contributed by atoms with Crippen LogP contribution >= 0.6 is 0 Å². The van der Waals surface area contributed by atoms with Crippen molar-refractivity contribution in [2.24, 2.45) is 5.92 Å². The van der Waals surface area contributed by atoms with Gasteiger partial charge in [-0.1, -0.05) is 82.3 Å². The molecular formula is C39H54N2O4. The van der Waals surface area contributed by atoms with E-state index < -0.39 is 5.97 Å². The summed E-state index contributed by atoms with van der Waals surface area (Å²) in [7, 11) is 0. The van der Waals surface area contributed by atoms with Gasteiger partial charge in [-0.05, 0) is 92.3 Å². The second kappa shape index (κ2) is 20.1. The van der Waals surface area contributed by atoms with Gasteiger partial charge in [0.2, 0.25) is 5.91 Å². The van der Waals surface area contributed by atoms with Crippen LogP contribution in [-0.4, -0.2) is 36.7 Å². The average Bonchev–Trinajstić information content (AvgIpc) is 3.03. The van der Waals surface area contributed by atoms with Crippen LogP contribution in [0.1, 0.15) is 99.0 Å². The summed E-state index contributed by atoms with van der Waals surface area (Å²) < 4.78 is 5.49. The molecule has 1 atom stereocenters. The van der Waals surface area contributed by atoms with Crippen LogP contribution in [-0.2, 0) is 17.6 Å². The van der Waals surface area contributed by atoms with Crippen molar-refractivity contribution < 1.29 is 19.4 Å². The lowest BCUT2D eigenvalue weighted by molar-refractivity contribution is -0.121. The van der Waals surface area contributed by atoms with E-state index in [4.69, 9.17) is 4.74 Å². The quantitative estimate of drug-likeness (QED) is 0.199. The third-order valence-corrected chi connectivity index (χ3v) is 7.62. The fraction of sp³-hybridized carbons (Fsp3) is 0.436. The van der Waals surface area contributed by atoms with E-state index in [1.807, 2.05) is 26.0 Å². The molecule has 0 bridgehead atoms. The van der Waals surface area contributed by atoms with E-state index in [1.165, 1.54) is 42.1 Å². The number of allylic oxidation sites excluding steroid dienone is 1. The molecule has 0 spiro atoms. The number of carboxylic acids is 1. The molecule has 45 heavy (non-hydrogen) atoms. The minimum absolute atomic E-state index is 0.0831. The molecule has 1 fully saturated rings. The summed E-state index contributed by atoms with van der Waals surface area (Å²) in [4.78, 5) is 26.9. The fourth-order valence-electron chi connectivity index (χ4n) is 5.49. The first kappa shape index (κ1) is 37.1. The van der Waals surface area contributed by atoms with E-state index in [1.54, 1.807) is 19.1 Å². The summed E-state index contributed by atoms with van der Waals surface area (Å²) in [5, 5.41) is 12.6. The molecule has 1 heterocycles. The van der Waals surface area contributed by atoms with Crippen LogP contribution in [0.5, 0.6) is 5.75 Å². The Morgan fingerprint density at radius 3 is 2.29 bits per heavy atom. The molecule has 1 amide bonds. The first-order valence-electron chi connectivity index (χ1n) is 16.5. The minimum atomic E-state index is -1.04. The molecule has 0 aromatic heterocycles. The highest BCUT2D eigenvalue weighted by Crippen LogP contribution is 2.32. The van der Waals surface area contributed by atoms with Gasteiger partial charge in [-0.3, -0.25) is 4.79 Å². The number of hydrogen-bond acceptors (Lipinski definition) is 4. The Balaban J connectivity index is 0.000000495. The molecule has 1 saturated heterocycles. The van der Waals surface area contributed by atoms with Gasteiger partial charge in [0.05, 0.1) is 19.1 Å². The smallest absolute Gasteiger partial charge is 0.339 e. The average molecular weight is 615 g/mol. The van der Waals surface area contributed by atoms with Gasteiger partial charge in [0.15, 0.2) is 0 Å². The number of ether oxygens (including phenoxy) is 1. The maximum absolute atomic E-state index is 13.1. The molecule has 1 aliphatic heterocycles. The van der Waals surface area contributed by atoms with Crippen LogP contribution in [0.4, 0.5) is 5.69 Å². The molecule has 3 aromatic carbocycles. The van der Waals surface area contributed by atoms with E-state index in [0.29, 0.717) is 18.3 Å². The zero-order chi connectivity index (χ0) is 33.2. The van der Waals surface area contributed by atoms with Crippen LogP contribution in [0.3, 0.4) is 0 Å². The van der Waals surface area contributed by atoms with Crippen molar-refractivity contribution in [1.29, 1.82) is 0 Å². The maximum atomic E-state index is 13.1. The van der Waals surface area contributed by atoms with E-state index >= 15 is 0 Å². The first-order valence-corrected chi connectivity index (χ1v) is 16.5. The number of carboxylic acid groups (broad SMARTS) is 1. The lowest BCUT2D eigenvalue weighted by Crippen LogP contribution is -2.34. The van der Waals surface area contributed by atoms with Crippen molar-refractivity contribution >= 4 is 17.6 Å². The monoisotopic (exact) mass is 614 g/mol. The third-order valence-electron chi connectivity index (χ3n) is 7.62. The number of benzene rings is 3. The van der Waals surface area contributed by atoms with E-state index in [9.17, 15) is 14.7 Å². The minimum Gasteiger partial charge on any atom is -0.493 e. The van der Waals surface area contributed by atoms with Gasteiger partial charge < -0.3 is 20.1 Å². The topological polar surface area (TPSA) is 78.9 Å². The van der Waals surface area contributed by atoms with Gasteiger partial charge >= 0.3 is 5.97 Å². The second-order valence-electron chi connectivity index (χ2n) is 11.5. The van der Waals surface area contributed by atoms with Crippen LogP contribution in [0, 0.1) is 12.8 Å². The summed E-state index contributed by atoms with van der Waals surface area (Å²) in [6.45, 7) is 18.4. The number of anilines is 1. The lowest BCUT2D eigenvalue weighted by Gasteiger charge is -2.33. The Morgan fingerprint density at radius 1 is 1.00 bits per heavy atom. The third kappa shape index (κ3) is 12.1. The molecule has 0 saturated carbocycles. The molecule has 6 nitrogen and oxygen atoms in total. The Kier molecular flexibility index (Phi) is 16.6. The second-order valence-corrected chi connectivity index (χ2v) is 11.5. The lowest BCUT2D eigenvalue weighted by atomic mass is 9.94. The highest BCUT2D eigenvalue weighted by molar-refractivity contribution is 5.91. The fourth-order valence-corrected chi connectivity index (χ4v) is 5.49. The number of amides is 1. The van der Waals surface area contributed by atoms with E-state index in [2.05, 4.69) is 80.0 Å². The largest absolute Gasteiger partial charge is 0.493 e. The van der Waals surface area contributed by atoms with E-state index in [-0.39, 0.29) is 23.9 Å². The number of para-hydroxylation sites is 1. The van der Waals surface area contributed by atoms with Crippen molar-refractivity contribution in [2.45, 2.75) is 86.1 Å². The number of hydrogen-bond donors (Lipinski definition) is 2. The van der Waals surface area contributed by atoms with Crippen LogP contribution in [0.2, 0.25) is 0 Å². The van der Waals surface area contributed by atoms with Gasteiger partial charge in [0.1, 0.15) is 11.3 Å².